The van der Waals surface area contributed by atoms with Crippen molar-refractivity contribution >= 4 is 23.7 Å². The Morgan fingerprint density at radius 3 is 2.38 bits per heavy atom. The Morgan fingerprint density at radius 1 is 1.00 bits per heavy atom. The number of carbonyl (C=O) groups is 2. The van der Waals surface area contributed by atoms with Crippen LogP contribution in [-0.4, -0.2) is 33.8 Å². The Labute approximate surface area is 189 Å². The summed E-state index contributed by atoms with van der Waals surface area (Å²) >= 11 is 1.22. The molecule has 2 N–H and O–H groups in total. The van der Waals surface area contributed by atoms with E-state index in [2.05, 4.69) is 20.8 Å². The zero-order valence-electron chi connectivity index (χ0n) is 17.3. The van der Waals surface area contributed by atoms with Crippen molar-refractivity contribution in [2.45, 2.75) is 17.0 Å². The number of amides is 3. The SMILES string of the molecule is CNC(=O)NC(=O)C(Sc1nnc(-c2ccco2)n1Cc1ccccc1)c1ccccc1. The van der Waals surface area contributed by atoms with Gasteiger partial charge in [0, 0.05) is 7.05 Å². The molecular weight excluding hydrogens is 426 g/mol. The molecule has 0 aliphatic carbocycles. The first-order valence-electron chi connectivity index (χ1n) is 9.91. The van der Waals surface area contributed by atoms with Crippen LogP contribution in [0.1, 0.15) is 16.4 Å². The van der Waals surface area contributed by atoms with Crippen molar-refractivity contribution in [2.24, 2.45) is 0 Å². The van der Waals surface area contributed by atoms with Crippen LogP contribution in [-0.2, 0) is 11.3 Å². The van der Waals surface area contributed by atoms with E-state index in [1.165, 1.54) is 18.8 Å². The molecule has 0 fully saturated rings. The lowest BCUT2D eigenvalue weighted by Crippen LogP contribution is -2.39. The number of thioether (sulfide) groups is 1. The van der Waals surface area contributed by atoms with E-state index in [-0.39, 0.29) is 0 Å². The number of nitrogens with zero attached hydrogens (tertiary/aromatic N) is 3. The van der Waals surface area contributed by atoms with Gasteiger partial charge in [-0.25, -0.2) is 4.79 Å². The maximum atomic E-state index is 13.0. The highest BCUT2D eigenvalue weighted by Crippen LogP contribution is 2.36. The first kappa shape index (κ1) is 21.4. The lowest BCUT2D eigenvalue weighted by atomic mass is 10.1. The summed E-state index contributed by atoms with van der Waals surface area (Å²) in [4.78, 5) is 24.7. The molecule has 1 unspecified atom stereocenters. The molecule has 1 atom stereocenters. The third-order valence-electron chi connectivity index (χ3n) is 4.67. The third-order valence-corrected chi connectivity index (χ3v) is 5.90. The number of furan rings is 1. The Morgan fingerprint density at radius 2 is 1.72 bits per heavy atom. The summed E-state index contributed by atoms with van der Waals surface area (Å²) in [6.45, 7) is 0.491. The molecule has 8 nitrogen and oxygen atoms in total. The second kappa shape index (κ2) is 9.97. The van der Waals surface area contributed by atoms with Crippen LogP contribution < -0.4 is 10.6 Å². The fourth-order valence-corrected chi connectivity index (χ4v) is 4.15. The highest BCUT2D eigenvalue weighted by Gasteiger charge is 2.27. The second-order valence-corrected chi connectivity index (χ2v) is 7.90. The Kier molecular flexibility index (Phi) is 6.66. The van der Waals surface area contributed by atoms with Crippen molar-refractivity contribution in [3.8, 4) is 11.6 Å². The lowest BCUT2D eigenvalue weighted by molar-refractivity contribution is -0.119. The number of hydrogen-bond donors (Lipinski definition) is 2. The third kappa shape index (κ3) is 4.89. The van der Waals surface area contributed by atoms with Crippen LogP contribution in [0, 0.1) is 0 Å². The standard InChI is InChI=1S/C23H21N5O3S/c1-24-22(30)25-21(29)19(17-11-6-3-7-12-17)32-23-27-26-20(18-13-8-14-31-18)28(23)15-16-9-4-2-5-10-16/h2-14,19H,15H2,1H3,(H2,24,25,29,30). The van der Waals surface area contributed by atoms with Crippen LogP contribution >= 0.6 is 11.8 Å². The normalized spacial score (nSPS) is 11.7. The van der Waals surface area contributed by atoms with Crippen LogP contribution in [0.2, 0.25) is 0 Å². The number of urea groups is 1. The summed E-state index contributed by atoms with van der Waals surface area (Å²) in [6, 6.07) is 22.2. The largest absolute Gasteiger partial charge is 0.461 e. The molecule has 9 heteroatoms. The van der Waals surface area contributed by atoms with Gasteiger partial charge in [-0.1, -0.05) is 72.4 Å². The number of imide groups is 1. The van der Waals surface area contributed by atoms with Gasteiger partial charge >= 0.3 is 6.03 Å². The summed E-state index contributed by atoms with van der Waals surface area (Å²) in [6.07, 6.45) is 1.58. The molecule has 162 valence electrons. The van der Waals surface area contributed by atoms with Crippen molar-refractivity contribution in [2.75, 3.05) is 7.05 Å². The number of rotatable bonds is 7. The zero-order chi connectivity index (χ0) is 22.3. The van der Waals surface area contributed by atoms with Crippen LogP contribution in [0.25, 0.3) is 11.6 Å². The highest BCUT2D eigenvalue weighted by atomic mass is 32.2. The van der Waals surface area contributed by atoms with Gasteiger partial charge in [-0.3, -0.25) is 14.7 Å². The zero-order valence-corrected chi connectivity index (χ0v) is 18.1. The topological polar surface area (TPSA) is 102 Å². The summed E-state index contributed by atoms with van der Waals surface area (Å²) in [5.74, 6) is 0.681. The van der Waals surface area contributed by atoms with Gasteiger partial charge in [0.1, 0.15) is 5.25 Å². The minimum Gasteiger partial charge on any atom is -0.461 e. The van der Waals surface area contributed by atoms with E-state index in [0.717, 1.165) is 11.1 Å². The molecule has 2 aromatic carbocycles. The minimum absolute atomic E-state index is 0.450. The van der Waals surface area contributed by atoms with E-state index in [9.17, 15) is 9.59 Å². The molecule has 0 radical (unpaired) electrons. The van der Waals surface area contributed by atoms with Gasteiger partial charge in [0.05, 0.1) is 12.8 Å². The highest BCUT2D eigenvalue weighted by molar-refractivity contribution is 8.00. The molecule has 32 heavy (non-hydrogen) atoms. The van der Waals surface area contributed by atoms with Crippen LogP contribution in [0.4, 0.5) is 4.79 Å². The van der Waals surface area contributed by atoms with Crippen LogP contribution in [0.5, 0.6) is 0 Å². The van der Waals surface area contributed by atoms with Gasteiger partial charge in [0.25, 0.3) is 0 Å². The maximum Gasteiger partial charge on any atom is 0.321 e. The van der Waals surface area contributed by atoms with E-state index >= 15 is 0 Å². The number of nitrogens with one attached hydrogen (secondary N) is 2. The van der Waals surface area contributed by atoms with Crippen molar-refractivity contribution in [1.82, 2.24) is 25.4 Å². The van der Waals surface area contributed by atoms with E-state index in [1.54, 1.807) is 12.3 Å². The molecule has 2 aromatic heterocycles. The average Bonchev–Trinajstić information content (AvgIpc) is 3.49. The lowest BCUT2D eigenvalue weighted by Gasteiger charge is -2.17. The molecular formula is C23H21N5O3S. The summed E-state index contributed by atoms with van der Waals surface area (Å²) < 4.78 is 7.46. The van der Waals surface area contributed by atoms with E-state index in [4.69, 9.17) is 4.42 Å². The number of carbonyl (C=O) groups excluding carboxylic acids is 2. The average molecular weight is 448 g/mol. The molecule has 4 aromatic rings. The Hall–Kier alpha value is -3.85. The van der Waals surface area contributed by atoms with E-state index < -0.39 is 17.2 Å². The van der Waals surface area contributed by atoms with Gasteiger partial charge in [-0.2, -0.15) is 0 Å². The summed E-state index contributed by atoms with van der Waals surface area (Å²) in [7, 11) is 1.46. The molecule has 0 bridgehead atoms. The molecule has 2 heterocycles. The second-order valence-electron chi connectivity index (χ2n) is 6.83. The van der Waals surface area contributed by atoms with Gasteiger partial charge < -0.3 is 9.73 Å². The Balaban J connectivity index is 1.71. The monoisotopic (exact) mass is 447 g/mol. The number of hydrogen-bond acceptors (Lipinski definition) is 6. The predicted molar refractivity (Wildman–Crippen MR) is 121 cm³/mol. The van der Waals surface area contributed by atoms with Crippen molar-refractivity contribution in [1.29, 1.82) is 0 Å². The van der Waals surface area contributed by atoms with Crippen LogP contribution in [0.3, 0.4) is 0 Å². The minimum atomic E-state index is -0.711. The molecule has 3 amide bonds. The number of benzene rings is 2. The fraction of sp³-hybridized carbons (Fsp3) is 0.130. The summed E-state index contributed by atoms with van der Waals surface area (Å²) in [5.41, 5.74) is 1.79. The molecule has 0 aliphatic heterocycles. The molecule has 0 aliphatic rings. The summed E-state index contributed by atoms with van der Waals surface area (Å²) in [5, 5.41) is 13.3. The van der Waals surface area contributed by atoms with Crippen molar-refractivity contribution in [3.05, 3.63) is 90.2 Å². The van der Waals surface area contributed by atoms with Gasteiger partial charge in [0.15, 0.2) is 10.9 Å². The molecule has 4 rings (SSSR count). The molecule has 0 saturated carbocycles. The van der Waals surface area contributed by atoms with Gasteiger partial charge in [0.2, 0.25) is 11.7 Å². The van der Waals surface area contributed by atoms with Gasteiger partial charge in [-0.15, -0.1) is 10.2 Å². The van der Waals surface area contributed by atoms with E-state index in [0.29, 0.717) is 23.3 Å². The molecule has 0 spiro atoms. The molecule has 0 saturated heterocycles. The predicted octanol–water partition coefficient (Wildman–Crippen LogP) is 3.88. The van der Waals surface area contributed by atoms with Crippen molar-refractivity contribution < 1.29 is 14.0 Å². The first-order valence-corrected chi connectivity index (χ1v) is 10.8. The van der Waals surface area contributed by atoms with Crippen LogP contribution in [0.15, 0.2) is 88.6 Å². The Bertz CT molecular complexity index is 1180. The van der Waals surface area contributed by atoms with Gasteiger partial charge in [-0.05, 0) is 23.3 Å². The van der Waals surface area contributed by atoms with Crippen molar-refractivity contribution in [3.63, 3.8) is 0 Å². The smallest absolute Gasteiger partial charge is 0.321 e. The van der Waals surface area contributed by atoms with E-state index in [1.807, 2.05) is 71.3 Å². The maximum absolute atomic E-state index is 13.0. The quantitative estimate of drug-likeness (QED) is 0.417. The number of aromatic nitrogens is 3. The fourth-order valence-electron chi connectivity index (χ4n) is 3.12. The first-order chi connectivity index (χ1) is 15.7.